The van der Waals surface area contributed by atoms with Gasteiger partial charge in [-0.3, -0.25) is 9.69 Å². The molecule has 0 bridgehead atoms. The molecule has 2 heterocycles. The Labute approximate surface area is 193 Å². The summed E-state index contributed by atoms with van der Waals surface area (Å²) in [7, 11) is 1.67. The van der Waals surface area contributed by atoms with Gasteiger partial charge in [0.25, 0.3) is 5.91 Å². The van der Waals surface area contributed by atoms with Crippen molar-refractivity contribution in [1.29, 1.82) is 0 Å². The van der Waals surface area contributed by atoms with Crippen LogP contribution in [0.5, 0.6) is 11.5 Å². The lowest BCUT2D eigenvalue weighted by atomic mass is 10.0. The van der Waals surface area contributed by atoms with Crippen LogP contribution in [0.2, 0.25) is 0 Å². The number of thiazole rings is 1. The molecule has 0 unspecified atom stereocenters. The number of ether oxygens (including phenoxy) is 2. The van der Waals surface area contributed by atoms with Crippen LogP contribution >= 0.6 is 11.3 Å². The molecule has 1 aliphatic rings. The fourth-order valence-electron chi connectivity index (χ4n) is 3.96. The third-order valence-electron chi connectivity index (χ3n) is 5.71. The van der Waals surface area contributed by atoms with Gasteiger partial charge in [0, 0.05) is 17.5 Å². The van der Waals surface area contributed by atoms with E-state index in [1.165, 1.54) is 18.4 Å². The SMILES string of the molecule is COc1ccc([C@@H](CNC(=O)c2ccc(OCc3csc(C)n3)cc2)N2CCCC2)cc1. The minimum absolute atomic E-state index is 0.0793. The summed E-state index contributed by atoms with van der Waals surface area (Å²) in [6, 6.07) is 15.5. The summed E-state index contributed by atoms with van der Waals surface area (Å²) in [4.78, 5) is 19.6. The van der Waals surface area contributed by atoms with Crippen LogP contribution in [0.3, 0.4) is 0 Å². The van der Waals surface area contributed by atoms with Gasteiger partial charge in [-0.1, -0.05) is 12.1 Å². The highest BCUT2D eigenvalue weighted by atomic mass is 32.1. The number of carbonyl (C=O) groups excluding carboxylic acids is 1. The van der Waals surface area contributed by atoms with Crippen molar-refractivity contribution < 1.29 is 14.3 Å². The van der Waals surface area contributed by atoms with E-state index in [0.29, 0.717) is 18.7 Å². The molecule has 0 spiro atoms. The Hall–Kier alpha value is -2.90. The van der Waals surface area contributed by atoms with E-state index in [1.54, 1.807) is 30.6 Å². The molecule has 2 aromatic carbocycles. The van der Waals surface area contributed by atoms with E-state index in [4.69, 9.17) is 9.47 Å². The minimum atomic E-state index is -0.0793. The van der Waals surface area contributed by atoms with Crippen LogP contribution < -0.4 is 14.8 Å². The number of methoxy groups -OCH3 is 1. The Balaban J connectivity index is 1.35. The summed E-state index contributed by atoms with van der Waals surface area (Å²) >= 11 is 1.61. The van der Waals surface area contributed by atoms with Crippen molar-refractivity contribution in [2.24, 2.45) is 0 Å². The first-order valence-corrected chi connectivity index (χ1v) is 11.8. The average molecular weight is 452 g/mol. The first-order chi connectivity index (χ1) is 15.6. The molecule has 3 aromatic rings. The first-order valence-electron chi connectivity index (χ1n) is 10.9. The molecule has 1 aromatic heterocycles. The number of hydrogen-bond acceptors (Lipinski definition) is 6. The Kier molecular flexibility index (Phi) is 7.39. The second-order valence-corrected chi connectivity index (χ2v) is 8.98. The van der Waals surface area contributed by atoms with Crippen molar-refractivity contribution in [3.63, 3.8) is 0 Å². The summed E-state index contributed by atoms with van der Waals surface area (Å²) in [6.45, 7) is 5.07. The second-order valence-electron chi connectivity index (χ2n) is 7.91. The molecule has 1 amide bonds. The number of nitrogens with one attached hydrogen (secondary N) is 1. The van der Waals surface area contributed by atoms with Gasteiger partial charge in [0.05, 0.1) is 23.9 Å². The molecule has 7 heteroatoms. The predicted molar refractivity (Wildman–Crippen MR) is 127 cm³/mol. The van der Waals surface area contributed by atoms with Gasteiger partial charge in [0.15, 0.2) is 0 Å². The predicted octanol–water partition coefficient (Wildman–Crippen LogP) is 4.61. The third kappa shape index (κ3) is 5.66. The molecular formula is C25H29N3O3S. The lowest BCUT2D eigenvalue weighted by Gasteiger charge is -2.28. The van der Waals surface area contributed by atoms with Gasteiger partial charge >= 0.3 is 0 Å². The molecule has 4 rings (SSSR count). The van der Waals surface area contributed by atoms with Crippen LogP contribution in [0.25, 0.3) is 0 Å². The van der Waals surface area contributed by atoms with E-state index in [-0.39, 0.29) is 11.9 Å². The summed E-state index contributed by atoms with van der Waals surface area (Å²) in [5.41, 5.74) is 2.73. The maximum atomic E-state index is 12.8. The number of aryl methyl sites for hydroxylation is 1. The molecule has 0 radical (unpaired) electrons. The smallest absolute Gasteiger partial charge is 0.251 e. The van der Waals surface area contributed by atoms with Gasteiger partial charge in [-0.15, -0.1) is 11.3 Å². The summed E-state index contributed by atoms with van der Waals surface area (Å²) < 4.78 is 11.1. The monoisotopic (exact) mass is 451 g/mol. The van der Waals surface area contributed by atoms with Crippen LogP contribution in [0.4, 0.5) is 0 Å². The maximum absolute atomic E-state index is 12.8. The van der Waals surface area contributed by atoms with Crippen LogP contribution in [-0.4, -0.2) is 42.5 Å². The third-order valence-corrected chi connectivity index (χ3v) is 6.53. The number of benzene rings is 2. The van der Waals surface area contributed by atoms with Crippen molar-refractivity contribution in [3.05, 3.63) is 75.7 Å². The fraction of sp³-hybridized carbons (Fsp3) is 0.360. The van der Waals surface area contributed by atoms with Crippen LogP contribution in [-0.2, 0) is 6.61 Å². The number of nitrogens with zero attached hydrogens (tertiary/aromatic N) is 2. The molecule has 0 aliphatic carbocycles. The number of carbonyl (C=O) groups is 1. The van der Waals surface area contributed by atoms with Gasteiger partial charge in [-0.2, -0.15) is 0 Å². The maximum Gasteiger partial charge on any atom is 0.251 e. The largest absolute Gasteiger partial charge is 0.497 e. The highest BCUT2D eigenvalue weighted by Gasteiger charge is 2.24. The van der Waals surface area contributed by atoms with Gasteiger partial charge in [-0.05, 0) is 74.8 Å². The number of aromatic nitrogens is 1. The number of rotatable bonds is 9. The molecule has 1 aliphatic heterocycles. The molecule has 1 N–H and O–H groups in total. The lowest BCUT2D eigenvalue weighted by molar-refractivity contribution is 0.0938. The van der Waals surface area contributed by atoms with Gasteiger partial charge < -0.3 is 14.8 Å². The molecule has 1 saturated heterocycles. The highest BCUT2D eigenvalue weighted by molar-refractivity contribution is 7.09. The van der Waals surface area contributed by atoms with Gasteiger partial charge in [-0.25, -0.2) is 4.98 Å². The molecule has 1 fully saturated rings. The van der Waals surface area contributed by atoms with Crippen molar-refractivity contribution >= 4 is 17.2 Å². The van der Waals surface area contributed by atoms with Crippen molar-refractivity contribution in [1.82, 2.24) is 15.2 Å². The zero-order valence-electron chi connectivity index (χ0n) is 18.5. The van der Waals surface area contributed by atoms with Crippen LogP contribution in [0.1, 0.15) is 45.5 Å². The van der Waals surface area contributed by atoms with Crippen molar-refractivity contribution in [2.75, 3.05) is 26.7 Å². The van der Waals surface area contributed by atoms with E-state index >= 15 is 0 Å². The highest BCUT2D eigenvalue weighted by Crippen LogP contribution is 2.26. The molecule has 0 saturated carbocycles. The Morgan fingerprint density at radius 3 is 2.41 bits per heavy atom. The average Bonchev–Trinajstić information content (AvgIpc) is 3.50. The molecule has 32 heavy (non-hydrogen) atoms. The summed E-state index contributed by atoms with van der Waals surface area (Å²) in [5.74, 6) is 1.48. The Bertz CT molecular complexity index is 1010. The van der Waals surface area contributed by atoms with Gasteiger partial charge in [0.2, 0.25) is 0 Å². The number of amides is 1. The molecule has 6 nitrogen and oxygen atoms in total. The number of likely N-dealkylation sites (tertiary alicyclic amines) is 1. The molecular weight excluding hydrogens is 422 g/mol. The van der Waals surface area contributed by atoms with E-state index in [9.17, 15) is 4.79 Å². The Morgan fingerprint density at radius 1 is 1.09 bits per heavy atom. The molecule has 168 valence electrons. The van der Waals surface area contributed by atoms with E-state index in [0.717, 1.165) is 35.3 Å². The van der Waals surface area contributed by atoms with Crippen LogP contribution in [0, 0.1) is 6.92 Å². The zero-order valence-corrected chi connectivity index (χ0v) is 19.4. The van der Waals surface area contributed by atoms with Crippen molar-refractivity contribution in [2.45, 2.75) is 32.4 Å². The topological polar surface area (TPSA) is 63.7 Å². The van der Waals surface area contributed by atoms with Crippen LogP contribution in [0.15, 0.2) is 53.9 Å². The fourth-order valence-corrected chi connectivity index (χ4v) is 4.56. The normalized spacial score (nSPS) is 14.8. The number of hydrogen-bond donors (Lipinski definition) is 1. The standard InChI is InChI=1S/C25H29N3O3S/c1-18-27-21(17-32-18)16-31-23-11-7-20(8-12-23)25(29)26-15-24(28-13-3-4-14-28)19-5-9-22(30-2)10-6-19/h5-12,17,24H,3-4,13-16H2,1-2H3,(H,26,29)/t24-/m1/s1. The minimum Gasteiger partial charge on any atom is -0.497 e. The van der Waals surface area contributed by atoms with E-state index in [2.05, 4.69) is 27.3 Å². The van der Waals surface area contributed by atoms with Gasteiger partial charge in [0.1, 0.15) is 18.1 Å². The van der Waals surface area contributed by atoms with E-state index < -0.39 is 0 Å². The molecule has 1 atom stereocenters. The second kappa shape index (κ2) is 10.6. The zero-order chi connectivity index (χ0) is 22.3. The summed E-state index contributed by atoms with van der Waals surface area (Å²) in [6.07, 6.45) is 2.39. The Morgan fingerprint density at radius 2 is 1.78 bits per heavy atom. The quantitative estimate of drug-likeness (QED) is 0.515. The first kappa shape index (κ1) is 22.3. The summed E-state index contributed by atoms with van der Waals surface area (Å²) in [5, 5.41) is 6.14. The lowest BCUT2D eigenvalue weighted by Crippen LogP contribution is -2.36. The van der Waals surface area contributed by atoms with Crippen molar-refractivity contribution in [3.8, 4) is 11.5 Å². The van der Waals surface area contributed by atoms with E-state index in [1.807, 2.05) is 36.6 Å².